The number of hydrogen-bond acceptors (Lipinski definition) is 4. The number of pyridine rings is 1. The molecule has 0 aromatic carbocycles. The average molecular weight is 217 g/mol. The minimum Gasteiger partial charge on any atom is -0.398 e. The zero-order valence-corrected chi connectivity index (χ0v) is 9.46. The molecule has 0 saturated heterocycles. The zero-order chi connectivity index (χ0) is 11.5. The quantitative estimate of drug-likeness (QED) is 0.844. The van der Waals surface area contributed by atoms with E-state index in [0.717, 1.165) is 17.1 Å². The molecule has 0 aliphatic heterocycles. The largest absolute Gasteiger partial charge is 0.398 e. The Morgan fingerprint density at radius 1 is 1.44 bits per heavy atom. The molecule has 84 valence electrons. The van der Waals surface area contributed by atoms with Gasteiger partial charge in [-0.05, 0) is 19.9 Å². The molecule has 0 amide bonds. The van der Waals surface area contributed by atoms with Gasteiger partial charge in [0.05, 0.1) is 0 Å². The van der Waals surface area contributed by atoms with Gasteiger partial charge in [0.15, 0.2) is 0 Å². The predicted molar refractivity (Wildman–Crippen MR) is 61.9 cm³/mol. The molecule has 0 fully saturated rings. The molecule has 0 radical (unpaired) electrons. The van der Waals surface area contributed by atoms with Crippen LogP contribution in [-0.4, -0.2) is 19.7 Å². The number of nitrogen functional groups attached to an aromatic ring is 1. The molecule has 0 saturated carbocycles. The first-order valence-electron chi connectivity index (χ1n) is 5.25. The predicted octanol–water partition coefficient (Wildman–Crippen LogP) is 1.43. The molecule has 2 heterocycles. The molecule has 5 nitrogen and oxygen atoms in total. The van der Waals surface area contributed by atoms with E-state index < -0.39 is 0 Å². The van der Waals surface area contributed by atoms with E-state index in [9.17, 15) is 0 Å². The van der Waals surface area contributed by atoms with Crippen LogP contribution >= 0.6 is 0 Å². The van der Waals surface area contributed by atoms with E-state index in [2.05, 4.69) is 28.9 Å². The van der Waals surface area contributed by atoms with Crippen molar-refractivity contribution in [1.29, 1.82) is 0 Å². The number of anilines is 1. The summed E-state index contributed by atoms with van der Waals surface area (Å²) in [7, 11) is 0. The van der Waals surface area contributed by atoms with Crippen molar-refractivity contribution in [2.24, 2.45) is 0 Å². The third-order valence-electron chi connectivity index (χ3n) is 2.43. The van der Waals surface area contributed by atoms with Crippen LogP contribution in [0.4, 0.5) is 5.69 Å². The minimum atomic E-state index is 0.301. The molecule has 0 atom stereocenters. The lowest BCUT2D eigenvalue weighted by Crippen LogP contribution is -2.09. The number of nitrogens with two attached hydrogens (primary N) is 1. The van der Waals surface area contributed by atoms with Crippen molar-refractivity contribution in [1.82, 2.24) is 19.7 Å². The van der Waals surface area contributed by atoms with Gasteiger partial charge in [-0.1, -0.05) is 0 Å². The lowest BCUT2D eigenvalue weighted by Gasteiger charge is -2.09. The van der Waals surface area contributed by atoms with Gasteiger partial charge < -0.3 is 5.73 Å². The first-order valence-corrected chi connectivity index (χ1v) is 5.25. The summed E-state index contributed by atoms with van der Waals surface area (Å²) in [4.78, 5) is 8.31. The summed E-state index contributed by atoms with van der Waals surface area (Å²) in [5.74, 6) is 0.912. The van der Waals surface area contributed by atoms with Crippen LogP contribution in [0.2, 0.25) is 0 Å². The molecule has 2 N–H and O–H groups in total. The van der Waals surface area contributed by atoms with Gasteiger partial charge in [-0.2, -0.15) is 5.10 Å². The van der Waals surface area contributed by atoms with E-state index in [1.807, 2.05) is 4.68 Å². The van der Waals surface area contributed by atoms with Crippen LogP contribution in [-0.2, 0) is 6.42 Å². The fraction of sp³-hybridized carbons (Fsp3) is 0.364. The molecule has 0 bridgehead atoms. The smallest absolute Gasteiger partial charge is 0.138 e. The standard InChI is InChI=1S/C11H15N5/c1-8(2)16-11(14-7-15-16)5-9-6-13-4-3-10(9)12/h3-4,6-8H,5H2,1-2H3,(H2,12,13). The summed E-state index contributed by atoms with van der Waals surface area (Å²) < 4.78 is 1.90. The maximum Gasteiger partial charge on any atom is 0.138 e. The summed E-state index contributed by atoms with van der Waals surface area (Å²) in [5, 5.41) is 4.19. The molecule has 16 heavy (non-hydrogen) atoms. The van der Waals surface area contributed by atoms with E-state index in [-0.39, 0.29) is 0 Å². The highest BCUT2D eigenvalue weighted by molar-refractivity contribution is 5.45. The Kier molecular flexibility index (Phi) is 2.85. The molecular weight excluding hydrogens is 202 g/mol. The molecule has 0 aliphatic rings. The fourth-order valence-corrected chi connectivity index (χ4v) is 1.59. The first kappa shape index (κ1) is 10.6. The highest BCUT2D eigenvalue weighted by Gasteiger charge is 2.09. The molecule has 2 aromatic heterocycles. The third-order valence-corrected chi connectivity index (χ3v) is 2.43. The normalized spacial score (nSPS) is 10.9. The van der Waals surface area contributed by atoms with Crippen LogP contribution in [0.1, 0.15) is 31.3 Å². The van der Waals surface area contributed by atoms with Crippen molar-refractivity contribution in [3.05, 3.63) is 36.2 Å². The Morgan fingerprint density at radius 2 is 2.25 bits per heavy atom. The summed E-state index contributed by atoms with van der Waals surface area (Å²) in [6, 6.07) is 2.10. The minimum absolute atomic E-state index is 0.301. The molecule has 5 heteroatoms. The number of aromatic nitrogens is 4. The molecular formula is C11H15N5. The molecule has 2 aromatic rings. The van der Waals surface area contributed by atoms with Crippen molar-refractivity contribution in [3.8, 4) is 0 Å². The number of rotatable bonds is 3. The second-order valence-corrected chi connectivity index (χ2v) is 3.97. The van der Waals surface area contributed by atoms with Gasteiger partial charge in [0.25, 0.3) is 0 Å². The van der Waals surface area contributed by atoms with Crippen LogP contribution < -0.4 is 5.73 Å². The maximum atomic E-state index is 5.87. The number of nitrogens with zero attached hydrogens (tertiary/aromatic N) is 4. The Balaban J connectivity index is 2.27. The van der Waals surface area contributed by atoms with Gasteiger partial charge in [-0.15, -0.1) is 0 Å². The summed E-state index contributed by atoms with van der Waals surface area (Å²) in [6.45, 7) is 4.15. The summed E-state index contributed by atoms with van der Waals surface area (Å²) in [6.07, 6.45) is 5.69. The van der Waals surface area contributed by atoms with E-state index >= 15 is 0 Å². The third kappa shape index (κ3) is 2.03. The molecule has 0 spiro atoms. The fourth-order valence-electron chi connectivity index (χ4n) is 1.59. The van der Waals surface area contributed by atoms with E-state index in [4.69, 9.17) is 5.73 Å². The summed E-state index contributed by atoms with van der Waals surface area (Å²) in [5.41, 5.74) is 7.59. The Hall–Kier alpha value is -1.91. The van der Waals surface area contributed by atoms with Gasteiger partial charge in [0, 0.05) is 36.1 Å². The molecule has 0 unspecified atom stereocenters. The van der Waals surface area contributed by atoms with Gasteiger partial charge >= 0.3 is 0 Å². The Labute approximate surface area is 94.3 Å². The van der Waals surface area contributed by atoms with Crippen LogP contribution in [0.5, 0.6) is 0 Å². The second-order valence-electron chi connectivity index (χ2n) is 3.97. The van der Waals surface area contributed by atoms with Gasteiger partial charge in [0.2, 0.25) is 0 Å². The van der Waals surface area contributed by atoms with Gasteiger partial charge in [-0.3, -0.25) is 4.98 Å². The van der Waals surface area contributed by atoms with Gasteiger partial charge in [0.1, 0.15) is 12.2 Å². The Morgan fingerprint density at radius 3 is 2.94 bits per heavy atom. The molecule has 2 rings (SSSR count). The van der Waals surface area contributed by atoms with Crippen molar-refractivity contribution < 1.29 is 0 Å². The van der Waals surface area contributed by atoms with Crippen molar-refractivity contribution in [3.63, 3.8) is 0 Å². The van der Waals surface area contributed by atoms with E-state index in [1.165, 1.54) is 0 Å². The van der Waals surface area contributed by atoms with E-state index in [0.29, 0.717) is 12.5 Å². The second kappa shape index (κ2) is 4.30. The lowest BCUT2D eigenvalue weighted by atomic mass is 10.1. The van der Waals surface area contributed by atoms with Gasteiger partial charge in [-0.25, -0.2) is 9.67 Å². The average Bonchev–Trinajstić information content (AvgIpc) is 2.69. The van der Waals surface area contributed by atoms with Crippen molar-refractivity contribution in [2.75, 3.05) is 5.73 Å². The SMILES string of the molecule is CC(C)n1ncnc1Cc1cnccc1N. The van der Waals surface area contributed by atoms with E-state index in [1.54, 1.807) is 24.8 Å². The topological polar surface area (TPSA) is 69.6 Å². The Bertz CT molecular complexity index is 475. The van der Waals surface area contributed by atoms with Crippen LogP contribution in [0.15, 0.2) is 24.8 Å². The van der Waals surface area contributed by atoms with Crippen LogP contribution in [0.25, 0.3) is 0 Å². The maximum absolute atomic E-state index is 5.87. The monoisotopic (exact) mass is 217 g/mol. The highest BCUT2D eigenvalue weighted by atomic mass is 15.3. The number of hydrogen-bond donors (Lipinski definition) is 1. The van der Waals surface area contributed by atoms with Crippen molar-refractivity contribution >= 4 is 5.69 Å². The van der Waals surface area contributed by atoms with Crippen LogP contribution in [0.3, 0.4) is 0 Å². The molecule has 0 aliphatic carbocycles. The van der Waals surface area contributed by atoms with Crippen LogP contribution in [0, 0.1) is 0 Å². The first-order chi connectivity index (χ1) is 7.68. The zero-order valence-electron chi connectivity index (χ0n) is 9.46. The summed E-state index contributed by atoms with van der Waals surface area (Å²) >= 11 is 0. The lowest BCUT2D eigenvalue weighted by molar-refractivity contribution is 0.510. The highest BCUT2D eigenvalue weighted by Crippen LogP contribution is 2.15. The van der Waals surface area contributed by atoms with Crippen molar-refractivity contribution in [2.45, 2.75) is 26.3 Å².